The zero-order valence-corrected chi connectivity index (χ0v) is 8.21. The van der Waals surface area contributed by atoms with Crippen LogP contribution in [0.25, 0.3) is 0 Å². The number of rotatable bonds is 2. The van der Waals surface area contributed by atoms with Crippen LogP contribution in [0.4, 0.5) is 0 Å². The third kappa shape index (κ3) is 2.87. The topological polar surface area (TPSA) is 3.24 Å². The molecule has 1 unspecified atom stereocenters. The molecule has 1 aliphatic rings. The molecule has 1 heteroatoms. The lowest BCUT2D eigenvalue weighted by Gasteiger charge is -2.30. The highest BCUT2D eigenvalue weighted by Gasteiger charge is 2.16. The van der Waals surface area contributed by atoms with Gasteiger partial charge in [0.05, 0.1) is 0 Å². The molecule has 0 aromatic rings. The summed E-state index contributed by atoms with van der Waals surface area (Å²) in [6.07, 6.45) is 8.03. The summed E-state index contributed by atoms with van der Waals surface area (Å²) < 4.78 is 0. The van der Waals surface area contributed by atoms with Crippen LogP contribution in [0.15, 0.2) is 0 Å². The summed E-state index contributed by atoms with van der Waals surface area (Å²) in [5.41, 5.74) is 0. The molecule has 0 amide bonds. The van der Waals surface area contributed by atoms with Gasteiger partial charge in [0.25, 0.3) is 0 Å². The molecule has 1 saturated heterocycles. The lowest BCUT2D eigenvalue weighted by atomic mass is 9.98. The first-order valence-corrected chi connectivity index (χ1v) is 4.91. The summed E-state index contributed by atoms with van der Waals surface area (Å²) in [4.78, 5) is 2.49. The van der Waals surface area contributed by atoms with E-state index in [1.807, 2.05) is 0 Å². The molecule has 0 saturated carbocycles. The third-order valence-corrected chi connectivity index (χ3v) is 2.69. The van der Waals surface area contributed by atoms with Crippen LogP contribution in [-0.4, -0.2) is 24.5 Å². The Morgan fingerprint density at radius 2 is 2.08 bits per heavy atom. The van der Waals surface area contributed by atoms with Gasteiger partial charge >= 0.3 is 0 Å². The molecule has 1 nitrogen and oxygen atoms in total. The summed E-state index contributed by atoms with van der Waals surface area (Å²) in [5.74, 6) is 4.12. The second-order valence-electron chi connectivity index (χ2n) is 4.05. The standard InChI is InChI=1S/C11H19N/c1-4-10(2)9-12-7-5-11(3)6-8-12/h1,10-11H,5-9H2,2-3H3. The number of nitrogens with zero attached hydrogens (tertiary/aromatic N) is 1. The van der Waals surface area contributed by atoms with Gasteiger partial charge in [0.15, 0.2) is 0 Å². The zero-order valence-electron chi connectivity index (χ0n) is 8.21. The van der Waals surface area contributed by atoms with Gasteiger partial charge in [0, 0.05) is 12.5 Å². The molecular formula is C11H19N. The molecule has 0 aromatic heterocycles. The van der Waals surface area contributed by atoms with Gasteiger partial charge in [-0.1, -0.05) is 13.8 Å². The Kier molecular flexibility index (Phi) is 3.62. The van der Waals surface area contributed by atoms with Crippen molar-refractivity contribution in [2.24, 2.45) is 11.8 Å². The predicted octanol–water partition coefficient (Wildman–Crippen LogP) is 1.99. The zero-order chi connectivity index (χ0) is 8.97. The van der Waals surface area contributed by atoms with Gasteiger partial charge in [-0.15, -0.1) is 12.3 Å². The second-order valence-corrected chi connectivity index (χ2v) is 4.05. The van der Waals surface area contributed by atoms with E-state index in [0.717, 1.165) is 12.5 Å². The molecule has 12 heavy (non-hydrogen) atoms. The van der Waals surface area contributed by atoms with Crippen LogP contribution >= 0.6 is 0 Å². The Balaban J connectivity index is 2.22. The van der Waals surface area contributed by atoms with Gasteiger partial charge in [-0.2, -0.15) is 0 Å². The Hall–Kier alpha value is -0.480. The van der Waals surface area contributed by atoms with Crippen molar-refractivity contribution >= 4 is 0 Å². The van der Waals surface area contributed by atoms with Gasteiger partial charge in [-0.3, -0.25) is 0 Å². The van der Waals surface area contributed by atoms with Crippen molar-refractivity contribution in [1.29, 1.82) is 0 Å². The van der Waals surface area contributed by atoms with Gasteiger partial charge < -0.3 is 4.90 Å². The molecule has 0 aromatic carbocycles. The highest BCUT2D eigenvalue weighted by atomic mass is 15.1. The molecule has 1 rings (SSSR count). The molecule has 0 N–H and O–H groups in total. The van der Waals surface area contributed by atoms with Crippen LogP contribution in [0.3, 0.4) is 0 Å². The first kappa shape index (κ1) is 9.61. The van der Waals surface area contributed by atoms with Crippen molar-refractivity contribution in [2.45, 2.75) is 26.7 Å². The van der Waals surface area contributed by atoms with Crippen LogP contribution in [0, 0.1) is 24.2 Å². The maximum absolute atomic E-state index is 5.34. The number of hydrogen-bond acceptors (Lipinski definition) is 1. The van der Waals surface area contributed by atoms with Crippen LogP contribution in [0.2, 0.25) is 0 Å². The van der Waals surface area contributed by atoms with Crippen LogP contribution < -0.4 is 0 Å². The fourth-order valence-corrected chi connectivity index (χ4v) is 1.68. The van der Waals surface area contributed by atoms with E-state index in [-0.39, 0.29) is 0 Å². The number of likely N-dealkylation sites (tertiary alicyclic amines) is 1. The number of hydrogen-bond donors (Lipinski definition) is 0. The van der Waals surface area contributed by atoms with E-state index < -0.39 is 0 Å². The molecule has 0 spiro atoms. The minimum Gasteiger partial charge on any atom is -0.302 e. The van der Waals surface area contributed by atoms with Crippen molar-refractivity contribution < 1.29 is 0 Å². The summed E-state index contributed by atoms with van der Waals surface area (Å²) in [6, 6.07) is 0. The molecule has 1 aliphatic heterocycles. The van der Waals surface area contributed by atoms with Crippen molar-refractivity contribution in [3.63, 3.8) is 0 Å². The first-order valence-electron chi connectivity index (χ1n) is 4.91. The Morgan fingerprint density at radius 1 is 1.50 bits per heavy atom. The Morgan fingerprint density at radius 3 is 2.58 bits per heavy atom. The van der Waals surface area contributed by atoms with Crippen LogP contribution in [0.1, 0.15) is 26.7 Å². The van der Waals surface area contributed by atoms with E-state index in [0.29, 0.717) is 5.92 Å². The Labute approximate surface area is 76.1 Å². The van der Waals surface area contributed by atoms with Crippen molar-refractivity contribution in [2.75, 3.05) is 19.6 Å². The van der Waals surface area contributed by atoms with E-state index >= 15 is 0 Å². The molecule has 68 valence electrons. The van der Waals surface area contributed by atoms with E-state index in [4.69, 9.17) is 6.42 Å². The van der Waals surface area contributed by atoms with E-state index in [9.17, 15) is 0 Å². The van der Waals surface area contributed by atoms with Crippen molar-refractivity contribution in [3.8, 4) is 12.3 Å². The molecule has 1 heterocycles. The molecule has 1 atom stereocenters. The van der Waals surface area contributed by atoms with Crippen LogP contribution in [-0.2, 0) is 0 Å². The molecule has 0 aliphatic carbocycles. The van der Waals surface area contributed by atoms with E-state index in [2.05, 4.69) is 24.7 Å². The lowest BCUT2D eigenvalue weighted by molar-refractivity contribution is 0.182. The van der Waals surface area contributed by atoms with Gasteiger partial charge in [-0.25, -0.2) is 0 Å². The minimum absolute atomic E-state index is 0.415. The van der Waals surface area contributed by atoms with E-state index in [1.54, 1.807) is 0 Å². The molecule has 0 radical (unpaired) electrons. The molecule has 0 bridgehead atoms. The fraction of sp³-hybridized carbons (Fsp3) is 0.818. The van der Waals surface area contributed by atoms with Crippen molar-refractivity contribution in [3.05, 3.63) is 0 Å². The monoisotopic (exact) mass is 165 g/mol. The van der Waals surface area contributed by atoms with Gasteiger partial charge in [0.2, 0.25) is 0 Å². The average Bonchev–Trinajstić information content (AvgIpc) is 2.09. The smallest absolute Gasteiger partial charge is 0.0299 e. The maximum atomic E-state index is 5.34. The third-order valence-electron chi connectivity index (χ3n) is 2.69. The maximum Gasteiger partial charge on any atom is 0.0299 e. The second kappa shape index (κ2) is 4.52. The minimum atomic E-state index is 0.415. The predicted molar refractivity (Wildman–Crippen MR) is 52.8 cm³/mol. The molecular weight excluding hydrogens is 146 g/mol. The largest absolute Gasteiger partial charge is 0.302 e. The normalized spacial score (nSPS) is 23.4. The first-order chi connectivity index (χ1) is 5.72. The average molecular weight is 165 g/mol. The highest BCUT2D eigenvalue weighted by molar-refractivity contribution is 4.92. The summed E-state index contributed by atoms with van der Waals surface area (Å²) >= 11 is 0. The van der Waals surface area contributed by atoms with Gasteiger partial charge in [-0.05, 0) is 31.8 Å². The summed E-state index contributed by atoms with van der Waals surface area (Å²) in [5, 5.41) is 0. The number of terminal acetylenes is 1. The SMILES string of the molecule is C#CC(C)CN1CCC(C)CC1. The summed E-state index contributed by atoms with van der Waals surface area (Å²) in [7, 11) is 0. The number of piperidine rings is 1. The quantitative estimate of drug-likeness (QED) is 0.566. The summed E-state index contributed by atoms with van der Waals surface area (Å²) in [6.45, 7) is 8.03. The van der Waals surface area contributed by atoms with Crippen molar-refractivity contribution in [1.82, 2.24) is 4.90 Å². The highest BCUT2D eigenvalue weighted by Crippen LogP contribution is 2.16. The lowest BCUT2D eigenvalue weighted by Crippen LogP contribution is -2.35. The van der Waals surface area contributed by atoms with Crippen LogP contribution in [0.5, 0.6) is 0 Å². The Bertz CT molecular complexity index is 160. The molecule has 1 fully saturated rings. The fourth-order valence-electron chi connectivity index (χ4n) is 1.68. The van der Waals surface area contributed by atoms with Gasteiger partial charge in [0.1, 0.15) is 0 Å². The van der Waals surface area contributed by atoms with E-state index in [1.165, 1.54) is 25.9 Å².